The van der Waals surface area contributed by atoms with Crippen LogP contribution in [0.2, 0.25) is 0 Å². The van der Waals surface area contributed by atoms with E-state index < -0.39 is 11.7 Å². The van der Waals surface area contributed by atoms with Crippen molar-refractivity contribution in [3.63, 3.8) is 0 Å². The van der Waals surface area contributed by atoms with E-state index in [1.807, 2.05) is 0 Å². The third kappa shape index (κ3) is 4.23. The van der Waals surface area contributed by atoms with Crippen molar-refractivity contribution in [3.8, 4) is 0 Å². The second-order valence-electron chi connectivity index (χ2n) is 6.57. The largest absolute Gasteiger partial charge is 0.416 e. The summed E-state index contributed by atoms with van der Waals surface area (Å²) in [5, 5.41) is 3.44. The van der Waals surface area contributed by atoms with Crippen LogP contribution < -0.4 is 5.32 Å². The predicted molar refractivity (Wildman–Crippen MR) is 80.5 cm³/mol. The zero-order valence-corrected chi connectivity index (χ0v) is 12.7. The molecule has 122 valence electrons. The molecule has 1 saturated carbocycles. The van der Waals surface area contributed by atoms with E-state index >= 15 is 0 Å². The zero-order chi connectivity index (χ0) is 15.6. The maximum absolute atomic E-state index is 12.6. The molecule has 1 aliphatic heterocycles. The van der Waals surface area contributed by atoms with Crippen molar-refractivity contribution >= 4 is 0 Å². The Bertz CT molecular complexity index is 474. The van der Waals surface area contributed by atoms with Crippen molar-refractivity contribution in [2.45, 2.75) is 44.4 Å². The van der Waals surface area contributed by atoms with Crippen LogP contribution in [0.3, 0.4) is 0 Å². The van der Waals surface area contributed by atoms with Crippen LogP contribution in [-0.4, -0.2) is 30.6 Å². The van der Waals surface area contributed by atoms with Crippen LogP contribution in [0.1, 0.15) is 36.8 Å². The second-order valence-corrected chi connectivity index (χ2v) is 6.57. The van der Waals surface area contributed by atoms with Gasteiger partial charge in [0.25, 0.3) is 0 Å². The van der Waals surface area contributed by atoms with Crippen molar-refractivity contribution in [2.24, 2.45) is 5.92 Å². The van der Waals surface area contributed by atoms with Crippen molar-refractivity contribution in [1.82, 2.24) is 10.2 Å². The SMILES string of the molecule is FC(F)(F)c1ccc(CN(CC2CCCNC2)C2CC2)cc1. The molecule has 2 fully saturated rings. The van der Waals surface area contributed by atoms with Gasteiger partial charge in [0.1, 0.15) is 0 Å². The second kappa shape index (κ2) is 6.59. The number of nitrogens with zero attached hydrogens (tertiary/aromatic N) is 1. The molecule has 0 radical (unpaired) electrons. The Balaban J connectivity index is 1.61. The lowest BCUT2D eigenvalue weighted by molar-refractivity contribution is -0.137. The highest BCUT2D eigenvalue weighted by Crippen LogP contribution is 2.32. The van der Waals surface area contributed by atoms with Crippen molar-refractivity contribution in [1.29, 1.82) is 0 Å². The summed E-state index contributed by atoms with van der Waals surface area (Å²) in [6, 6.07) is 6.27. The number of halogens is 3. The van der Waals surface area contributed by atoms with Gasteiger partial charge in [0.05, 0.1) is 5.56 Å². The summed E-state index contributed by atoms with van der Waals surface area (Å²) in [6.07, 6.45) is 0.677. The van der Waals surface area contributed by atoms with E-state index in [2.05, 4.69) is 10.2 Å². The monoisotopic (exact) mass is 312 g/mol. The summed E-state index contributed by atoms with van der Waals surface area (Å²) >= 11 is 0. The van der Waals surface area contributed by atoms with E-state index in [0.29, 0.717) is 12.0 Å². The summed E-state index contributed by atoms with van der Waals surface area (Å²) < 4.78 is 37.8. The highest BCUT2D eigenvalue weighted by molar-refractivity contribution is 5.24. The molecule has 1 aliphatic carbocycles. The number of rotatable bonds is 5. The molecule has 0 spiro atoms. The lowest BCUT2D eigenvalue weighted by Crippen LogP contribution is -2.39. The van der Waals surface area contributed by atoms with Gasteiger partial charge in [0.15, 0.2) is 0 Å². The summed E-state index contributed by atoms with van der Waals surface area (Å²) in [5.41, 5.74) is 0.411. The van der Waals surface area contributed by atoms with Crippen LogP contribution in [0.4, 0.5) is 13.2 Å². The molecule has 0 bridgehead atoms. The van der Waals surface area contributed by atoms with E-state index in [1.165, 1.54) is 37.8 Å². The number of nitrogens with one attached hydrogen (secondary N) is 1. The van der Waals surface area contributed by atoms with E-state index in [-0.39, 0.29) is 0 Å². The molecule has 0 aromatic heterocycles. The lowest BCUT2D eigenvalue weighted by atomic mass is 9.98. The summed E-state index contributed by atoms with van der Waals surface area (Å²) in [6.45, 7) is 3.99. The smallest absolute Gasteiger partial charge is 0.316 e. The van der Waals surface area contributed by atoms with E-state index in [0.717, 1.165) is 31.7 Å². The average molecular weight is 312 g/mol. The Morgan fingerprint density at radius 1 is 1.09 bits per heavy atom. The van der Waals surface area contributed by atoms with Gasteiger partial charge < -0.3 is 5.32 Å². The van der Waals surface area contributed by atoms with Gasteiger partial charge in [-0.2, -0.15) is 13.2 Å². The molecule has 3 rings (SSSR count). The van der Waals surface area contributed by atoms with Gasteiger partial charge in [-0.15, -0.1) is 0 Å². The first-order valence-corrected chi connectivity index (χ1v) is 8.13. The molecule has 22 heavy (non-hydrogen) atoms. The standard InChI is InChI=1S/C17H23F3N2/c18-17(19,20)15-5-3-13(4-6-15)11-22(16-7-8-16)12-14-2-1-9-21-10-14/h3-6,14,16,21H,1-2,7-12H2. The first kappa shape index (κ1) is 15.8. The molecule has 0 amide bonds. The number of piperidine rings is 1. The average Bonchev–Trinajstić information content (AvgIpc) is 3.32. The molecule has 2 nitrogen and oxygen atoms in total. The van der Waals surface area contributed by atoms with Crippen LogP contribution in [0.25, 0.3) is 0 Å². The molecule has 5 heteroatoms. The molecule has 1 saturated heterocycles. The summed E-state index contributed by atoms with van der Waals surface area (Å²) in [7, 11) is 0. The van der Waals surface area contributed by atoms with Crippen LogP contribution in [-0.2, 0) is 12.7 Å². The Hall–Kier alpha value is -1.07. The number of hydrogen-bond acceptors (Lipinski definition) is 2. The minimum atomic E-state index is -4.25. The van der Waals surface area contributed by atoms with Gasteiger partial charge in [-0.3, -0.25) is 4.90 Å². The van der Waals surface area contributed by atoms with Crippen LogP contribution in [0.15, 0.2) is 24.3 Å². The van der Waals surface area contributed by atoms with Gasteiger partial charge in [-0.25, -0.2) is 0 Å². The van der Waals surface area contributed by atoms with Crippen LogP contribution in [0, 0.1) is 5.92 Å². The molecule has 1 heterocycles. The Labute approximate surface area is 129 Å². The fraction of sp³-hybridized carbons (Fsp3) is 0.647. The minimum Gasteiger partial charge on any atom is -0.316 e. The molecule has 1 aromatic carbocycles. The van der Waals surface area contributed by atoms with Gasteiger partial charge in [-0.1, -0.05) is 12.1 Å². The number of benzene rings is 1. The van der Waals surface area contributed by atoms with Crippen molar-refractivity contribution in [3.05, 3.63) is 35.4 Å². The molecular formula is C17H23F3N2. The van der Waals surface area contributed by atoms with Gasteiger partial charge in [-0.05, 0) is 62.4 Å². The van der Waals surface area contributed by atoms with Gasteiger partial charge in [0.2, 0.25) is 0 Å². The van der Waals surface area contributed by atoms with E-state index in [4.69, 9.17) is 0 Å². The number of hydrogen-bond donors (Lipinski definition) is 1. The van der Waals surface area contributed by atoms with Crippen LogP contribution in [0.5, 0.6) is 0 Å². The minimum absolute atomic E-state index is 0.564. The summed E-state index contributed by atoms with van der Waals surface area (Å²) in [5.74, 6) is 0.670. The first-order chi connectivity index (χ1) is 10.5. The van der Waals surface area contributed by atoms with Crippen LogP contribution >= 0.6 is 0 Å². The molecule has 1 unspecified atom stereocenters. The topological polar surface area (TPSA) is 15.3 Å². The van der Waals surface area contributed by atoms with Crippen molar-refractivity contribution in [2.75, 3.05) is 19.6 Å². The van der Waals surface area contributed by atoms with E-state index in [1.54, 1.807) is 12.1 Å². The molecular weight excluding hydrogens is 289 g/mol. The highest BCUT2D eigenvalue weighted by atomic mass is 19.4. The Morgan fingerprint density at radius 2 is 1.82 bits per heavy atom. The normalized spacial score (nSPS) is 23.0. The van der Waals surface area contributed by atoms with Crippen molar-refractivity contribution < 1.29 is 13.2 Å². The third-order valence-electron chi connectivity index (χ3n) is 4.62. The summed E-state index contributed by atoms with van der Waals surface area (Å²) in [4.78, 5) is 2.46. The Morgan fingerprint density at radius 3 is 2.36 bits per heavy atom. The molecule has 1 atom stereocenters. The maximum Gasteiger partial charge on any atom is 0.416 e. The maximum atomic E-state index is 12.6. The Kier molecular flexibility index (Phi) is 4.73. The zero-order valence-electron chi connectivity index (χ0n) is 12.7. The molecule has 1 aromatic rings. The predicted octanol–water partition coefficient (Wildman–Crippen LogP) is 3.67. The quantitative estimate of drug-likeness (QED) is 0.892. The molecule has 2 aliphatic rings. The fourth-order valence-electron chi connectivity index (χ4n) is 3.23. The number of alkyl halides is 3. The van der Waals surface area contributed by atoms with Gasteiger partial charge >= 0.3 is 6.18 Å². The third-order valence-corrected chi connectivity index (χ3v) is 4.62. The van der Waals surface area contributed by atoms with E-state index in [9.17, 15) is 13.2 Å². The lowest BCUT2D eigenvalue weighted by Gasteiger charge is -2.30. The van der Waals surface area contributed by atoms with Gasteiger partial charge in [0, 0.05) is 19.1 Å². The first-order valence-electron chi connectivity index (χ1n) is 8.13. The fourth-order valence-corrected chi connectivity index (χ4v) is 3.23. The highest BCUT2D eigenvalue weighted by Gasteiger charge is 2.32. The molecule has 1 N–H and O–H groups in total.